The van der Waals surface area contributed by atoms with Crippen molar-refractivity contribution in [2.24, 2.45) is 7.05 Å². The molecule has 2 rings (SSSR count). The van der Waals surface area contributed by atoms with Crippen LogP contribution in [0.15, 0.2) is 47.5 Å². The molecule has 1 N–H and O–H groups in total. The number of hydrogen-bond donors (Lipinski definition) is 1. The number of rotatable bonds is 6. The third-order valence-corrected chi connectivity index (χ3v) is 3.14. The predicted octanol–water partition coefficient (Wildman–Crippen LogP) is 0.576. The van der Waals surface area contributed by atoms with Gasteiger partial charge in [0, 0.05) is 38.6 Å². The molecule has 21 heavy (non-hydrogen) atoms. The van der Waals surface area contributed by atoms with Crippen LogP contribution in [0.2, 0.25) is 0 Å². The lowest BCUT2D eigenvalue weighted by Gasteiger charge is -2.07. The standard InChI is InChI=1S/C15H17N3O3/c1-17-9-4-6-12(17)14(20)15(21)16-8-5-11-18-10-3-2-7-13(18)19/h2-4,6-7,9-10H,5,8,11H2,1H3,(H,16,21). The molecule has 0 unspecified atom stereocenters. The van der Waals surface area contributed by atoms with E-state index in [1.165, 1.54) is 6.07 Å². The molecule has 0 aliphatic heterocycles. The molecule has 0 saturated carbocycles. The fourth-order valence-corrected chi connectivity index (χ4v) is 1.99. The van der Waals surface area contributed by atoms with Crippen molar-refractivity contribution in [2.75, 3.05) is 6.54 Å². The van der Waals surface area contributed by atoms with Crippen LogP contribution in [0.3, 0.4) is 0 Å². The Labute approximate surface area is 122 Å². The fraction of sp³-hybridized carbons (Fsp3) is 0.267. The summed E-state index contributed by atoms with van der Waals surface area (Å²) in [6.45, 7) is 0.842. The van der Waals surface area contributed by atoms with Crippen molar-refractivity contribution in [1.82, 2.24) is 14.5 Å². The van der Waals surface area contributed by atoms with Crippen LogP contribution in [0.4, 0.5) is 0 Å². The zero-order valence-electron chi connectivity index (χ0n) is 11.8. The third-order valence-electron chi connectivity index (χ3n) is 3.14. The molecule has 0 aromatic carbocycles. The van der Waals surface area contributed by atoms with E-state index in [2.05, 4.69) is 5.32 Å². The number of nitrogens with zero attached hydrogens (tertiary/aromatic N) is 2. The lowest BCUT2D eigenvalue weighted by Crippen LogP contribution is -2.33. The van der Waals surface area contributed by atoms with Crippen LogP contribution in [0.5, 0.6) is 0 Å². The molecular formula is C15H17N3O3. The molecule has 2 heterocycles. The van der Waals surface area contributed by atoms with Crippen molar-refractivity contribution in [3.63, 3.8) is 0 Å². The van der Waals surface area contributed by atoms with Crippen LogP contribution in [-0.2, 0) is 18.4 Å². The molecule has 0 aliphatic carbocycles. The SMILES string of the molecule is Cn1cccc1C(=O)C(=O)NCCCn1ccccc1=O. The molecule has 110 valence electrons. The topological polar surface area (TPSA) is 73.1 Å². The maximum atomic E-state index is 11.9. The van der Waals surface area contributed by atoms with E-state index in [9.17, 15) is 14.4 Å². The Kier molecular flexibility index (Phi) is 4.71. The second-order valence-corrected chi connectivity index (χ2v) is 4.68. The fourth-order valence-electron chi connectivity index (χ4n) is 1.99. The third kappa shape index (κ3) is 3.68. The van der Waals surface area contributed by atoms with Gasteiger partial charge >= 0.3 is 0 Å². The molecule has 2 aromatic rings. The predicted molar refractivity (Wildman–Crippen MR) is 78.1 cm³/mol. The van der Waals surface area contributed by atoms with Crippen LogP contribution in [0, 0.1) is 0 Å². The van der Waals surface area contributed by atoms with Gasteiger partial charge in [-0.05, 0) is 24.6 Å². The quantitative estimate of drug-likeness (QED) is 0.480. The molecule has 0 fully saturated rings. The highest BCUT2D eigenvalue weighted by Crippen LogP contribution is 2.00. The summed E-state index contributed by atoms with van der Waals surface area (Å²) in [5, 5.41) is 2.57. The van der Waals surface area contributed by atoms with Gasteiger partial charge in [-0.25, -0.2) is 0 Å². The van der Waals surface area contributed by atoms with Gasteiger partial charge in [0.05, 0.1) is 5.69 Å². The Bertz CT molecular complexity index is 700. The molecule has 0 bridgehead atoms. The summed E-state index contributed by atoms with van der Waals surface area (Å²) in [5.74, 6) is -1.18. The van der Waals surface area contributed by atoms with Crippen LogP contribution in [0.1, 0.15) is 16.9 Å². The highest BCUT2D eigenvalue weighted by Gasteiger charge is 2.17. The zero-order valence-corrected chi connectivity index (χ0v) is 11.8. The molecule has 0 atom stereocenters. The second kappa shape index (κ2) is 6.69. The lowest BCUT2D eigenvalue weighted by atomic mass is 10.2. The average molecular weight is 287 g/mol. The number of ketones is 1. The van der Waals surface area contributed by atoms with E-state index in [1.807, 2.05) is 0 Å². The number of pyridine rings is 1. The van der Waals surface area contributed by atoms with E-state index < -0.39 is 11.7 Å². The van der Waals surface area contributed by atoms with Crippen LogP contribution in [0.25, 0.3) is 0 Å². The van der Waals surface area contributed by atoms with Crippen LogP contribution >= 0.6 is 0 Å². The number of nitrogens with one attached hydrogen (secondary N) is 1. The molecule has 6 heteroatoms. The molecule has 2 aromatic heterocycles. The van der Waals surface area contributed by atoms with Crippen molar-refractivity contribution in [3.8, 4) is 0 Å². The summed E-state index contributed by atoms with van der Waals surface area (Å²) < 4.78 is 3.16. The normalized spacial score (nSPS) is 10.3. The minimum absolute atomic E-state index is 0.0799. The number of Topliss-reactive ketones (excluding diaryl/α,β-unsaturated/α-hetero) is 1. The Morgan fingerprint density at radius 2 is 1.95 bits per heavy atom. The zero-order chi connectivity index (χ0) is 15.2. The summed E-state index contributed by atoms with van der Waals surface area (Å²) in [6.07, 6.45) is 3.98. The smallest absolute Gasteiger partial charge is 0.293 e. The first-order valence-electron chi connectivity index (χ1n) is 6.69. The van der Waals surface area contributed by atoms with Gasteiger partial charge in [0.2, 0.25) is 5.56 Å². The van der Waals surface area contributed by atoms with Crippen molar-refractivity contribution in [3.05, 3.63) is 58.8 Å². The van der Waals surface area contributed by atoms with Gasteiger partial charge in [-0.2, -0.15) is 0 Å². The number of amides is 1. The summed E-state index contributed by atoms with van der Waals surface area (Å²) in [5.41, 5.74) is 0.274. The van der Waals surface area contributed by atoms with Crippen LogP contribution in [-0.4, -0.2) is 27.4 Å². The van der Waals surface area contributed by atoms with E-state index in [0.717, 1.165) is 0 Å². The van der Waals surface area contributed by atoms with Crippen molar-refractivity contribution >= 4 is 11.7 Å². The maximum Gasteiger partial charge on any atom is 0.293 e. The van der Waals surface area contributed by atoms with Gasteiger partial charge in [-0.15, -0.1) is 0 Å². The Hall–Kier alpha value is -2.63. The number of carbonyl (C=O) groups excluding carboxylic acids is 2. The van der Waals surface area contributed by atoms with E-state index in [0.29, 0.717) is 25.2 Å². The first-order valence-corrected chi connectivity index (χ1v) is 6.69. The monoisotopic (exact) mass is 287 g/mol. The second-order valence-electron chi connectivity index (χ2n) is 4.68. The number of hydrogen-bond acceptors (Lipinski definition) is 3. The first-order chi connectivity index (χ1) is 10.1. The van der Waals surface area contributed by atoms with Gasteiger partial charge in [-0.1, -0.05) is 6.07 Å². The summed E-state index contributed by atoms with van der Waals surface area (Å²) in [6, 6.07) is 8.25. The molecule has 0 spiro atoms. The van der Waals surface area contributed by atoms with Crippen LogP contribution < -0.4 is 10.9 Å². The van der Waals surface area contributed by atoms with Crippen molar-refractivity contribution in [2.45, 2.75) is 13.0 Å². The summed E-state index contributed by atoms with van der Waals surface area (Å²) in [7, 11) is 1.71. The number of aromatic nitrogens is 2. The minimum atomic E-state index is -0.628. The Morgan fingerprint density at radius 3 is 2.62 bits per heavy atom. The average Bonchev–Trinajstić information content (AvgIpc) is 2.90. The number of carbonyl (C=O) groups is 2. The minimum Gasteiger partial charge on any atom is -0.349 e. The van der Waals surface area contributed by atoms with Gasteiger partial charge in [0.25, 0.3) is 11.7 Å². The lowest BCUT2D eigenvalue weighted by molar-refractivity contribution is -0.117. The highest BCUT2D eigenvalue weighted by molar-refractivity contribution is 6.42. The van der Waals surface area contributed by atoms with E-state index in [4.69, 9.17) is 0 Å². The Balaban J connectivity index is 1.80. The highest BCUT2D eigenvalue weighted by atomic mass is 16.2. The molecule has 1 amide bonds. The van der Waals surface area contributed by atoms with E-state index in [-0.39, 0.29) is 5.56 Å². The molecule has 0 aliphatic rings. The molecular weight excluding hydrogens is 270 g/mol. The molecule has 0 radical (unpaired) electrons. The molecule has 0 saturated heterocycles. The van der Waals surface area contributed by atoms with Crippen molar-refractivity contribution < 1.29 is 9.59 Å². The van der Waals surface area contributed by atoms with E-state index in [1.54, 1.807) is 52.8 Å². The van der Waals surface area contributed by atoms with Gasteiger partial charge < -0.3 is 14.5 Å². The van der Waals surface area contributed by atoms with Gasteiger partial charge in [-0.3, -0.25) is 14.4 Å². The van der Waals surface area contributed by atoms with E-state index >= 15 is 0 Å². The van der Waals surface area contributed by atoms with Gasteiger partial charge in [0.1, 0.15) is 0 Å². The summed E-state index contributed by atoms with van der Waals surface area (Å²) >= 11 is 0. The first kappa shape index (κ1) is 14.8. The molecule has 6 nitrogen and oxygen atoms in total. The van der Waals surface area contributed by atoms with Crippen molar-refractivity contribution in [1.29, 1.82) is 0 Å². The largest absolute Gasteiger partial charge is 0.349 e. The number of aryl methyl sites for hydroxylation is 2. The van der Waals surface area contributed by atoms with Gasteiger partial charge in [0.15, 0.2) is 0 Å². The summed E-state index contributed by atoms with van der Waals surface area (Å²) in [4.78, 5) is 35.1. The Morgan fingerprint density at radius 1 is 1.14 bits per heavy atom. The maximum absolute atomic E-state index is 11.9.